The molecule has 7 aliphatic carbocycles. The van der Waals surface area contributed by atoms with Gasteiger partial charge in [0.1, 0.15) is 12.7 Å². The lowest BCUT2D eigenvalue weighted by Crippen LogP contribution is -2.68. The van der Waals surface area contributed by atoms with Crippen LogP contribution in [0.1, 0.15) is 158 Å². The molecule has 8 nitrogen and oxygen atoms in total. The number of esters is 2. The van der Waals surface area contributed by atoms with Gasteiger partial charge in [-0.2, -0.15) is 0 Å². The third-order valence-corrected chi connectivity index (χ3v) is 19.0. The van der Waals surface area contributed by atoms with E-state index in [4.69, 9.17) is 15.2 Å². The SMILES string of the molecule is CC(C)C1=C2[C@H]3CCC4[C@@]5(C)CC[C@H](OC(=O)[C@H]6C[C@@H](C(=O)OCc7ccccc7)C6(C)C)C(C)(C)C5CC[C@@]4(C)[C@]3(C)CC[C@@]2(NC(=O)C2(N)CCCC2)CC1=O. The summed E-state index contributed by atoms with van der Waals surface area (Å²) in [4.78, 5) is 55.2. The fourth-order valence-electron chi connectivity index (χ4n) is 15.3. The molecule has 6 fully saturated rings. The van der Waals surface area contributed by atoms with E-state index in [9.17, 15) is 19.2 Å². The Morgan fingerprint density at radius 3 is 2.10 bits per heavy atom. The van der Waals surface area contributed by atoms with Gasteiger partial charge < -0.3 is 20.5 Å². The standard InChI is InChI=1S/C50H72N2O6/c1-30(2)39-35(53)28-50(52-43(56)49(51)21-13-14-22-49)26-25-47(8)32(40(39)50)17-18-37-46(7)23-20-38(45(5,6)36(46)19-24-48(37,47)9)58-42(55)34-27-33(44(34,3)4)41(54)57-29-31-15-11-10-12-16-31/h10-12,15-16,30,32-34,36-38H,13-14,17-29,51H2,1-9H3,(H,52,56)/t32-,33+,34-,36?,37?,38+,46+,47-,48-,50-/m1/s1. The second kappa shape index (κ2) is 14.0. The van der Waals surface area contributed by atoms with Gasteiger partial charge in [0.05, 0.1) is 22.9 Å². The number of benzene rings is 1. The van der Waals surface area contributed by atoms with Gasteiger partial charge in [-0.25, -0.2) is 0 Å². The van der Waals surface area contributed by atoms with Crippen LogP contribution in [0.15, 0.2) is 41.5 Å². The predicted octanol–water partition coefficient (Wildman–Crippen LogP) is 9.42. The highest BCUT2D eigenvalue weighted by Gasteiger charge is 2.71. The molecule has 1 amide bonds. The molecule has 0 saturated heterocycles. The molecule has 0 spiro atoms. The average molecular weight is 797 g/mol. The Kier molecular flexibility index (Phi) is 10.1. The Bertz CT molecular complexity index is 1880. The first-order valence-electron chi connectivity index (χ1n) is 22.9. The first kappa shape index (κ1) is 41.7. The predicted molar refractivity (Wildman–Crippen MR) is 225 cm³/mol. The normalized spacial score (nSPS) is 40.7. The molecule has 3 N–H and O–H groups in total. The summed E-state index contributed by atoms with van der Waals surface area (Å²) in [5.74, 6) is 0.322. The molecular formula is C50H72N2O6. The molecule has 1 aromatic rings. The summed E-state index contributed by atoms with van der Waals surface area (Å²) in [7, 11) is 0. The largest absolute Gasteiger partial charge is 0.462 e. The topological polar surface area (TPSA) is 125 Å². The van der Waals surface area contributed by atoms with Crippen molar-refractivity contribution in [3.63, 3.8) is 0 Å². The third-order valence-electron chi connectivity index (χ3n) is 19.0. The van der Waals surface area contributed by atoms with Gasteiger partial charge in [-0.15, -0.1) is 0 Å². The minimum absolute atomic E-state index is 0.0198. The van der Waals surface area contributed by atoms with Gasteiger partial charge in [-0.1, -0.05) is 105 Å². The monoisotopic (exact) mass is 797 g/mol. The molecule has 2 unspecified atom stereocenters. The fourth-order valence-corrected chi connectivity index (χ4v) is 15.3. The van der Waals surface area contributed by atoms with Crippen molar-refractivity contribution in [2.45, 2.75) is 176 Å². The zero-order valence-electron chi connectivity index (χ0n) is 37.1. The molecule has 1 aromatic carbocycles. The fraction of sp³-hybridized carbons (Fsp3) is 0.760. The van der Waals surface area contributed by atoms with E-state index in [1.165, 1.54) is 5.57 Å². The number of ether oxygens (including phenoxy) is 2. The number of hydrogen-bond acceptors (Lipinski definition) is 7. The lowest BCUT2D eigenvalue weighted by Gasteiger charge is -2.72. The molecular weight excluding hydrogens is 725 g/mol. The molecule has 6 saturated carbocycles. The van der Waals surface area contributed by atoms with E-state index in [0.717, 1.165) is 75.3 Å². The summed E-state index contributed by atoms with van der Waals surface area (Å²) in [5.41, 5.74) is 7.84. The first-order valence-corrected chi connectivity index (χ1v) is 22.9. The van der Waals surface area contributed by atoms with E-state index in [1.54, 1.807) is 0 Å². The van der Waals surface area contributed by atoms with Crippen LogP contribution in [0, 0.1) is 62.6 Å². The molecule has 0 aromatic heterocycles. The van der Waals surface area contributed by atoms with Crippen molar-refractivity contribution in [2.24, 2.45) is 68.3 Å². The van der Waals surface area contributed by atoms with E-state index < -0.39 is 16.5 Å². The van der Waals surface area contributed by atoms with Gasteiger partial charge in [-0.3, -0.25) is 19.2 Å². The lowest BCUT2D eigenvalue weighted by molar-refractivity contribution is -0.235. The quantitative estimate of drug-likeness (QED) is 0.251. The molecule has 0 radical (unpaired) electrons. The number of nitrogens with one attached hydrogen (secondary N) is 1. The van der Waals surface area contributed by atoms with Crippen LogP contribution in [0.25, 0.3) is 0 Å². The Morgan fingerprint density at radius 2 is 1.45 bits per heavy atom. The third kappa shape index (κ3) is 6.04. The maximum absolute atomic E-state index is 14.1. The maximum Gasteiger partial charge on any atom is 0.309 e. The summed E-state index contributed by atoms with van der Waals surface area (Å²) in [6, 6.07) is 9.71. The van der Waals surface area contributed by atoms with Gasteiger partial charge in [0.15, 0.2) is 5.78 Å². The van der Waals surface area contributed by atoms with E-state index in [0.29, 0.717) is 37.5 Å². The summed E-state index contributed by atoms with van der Waals surface area (Å²) in [6.07, 6.45) is 11.9. The van der Waals surface area contributed by atoms with E-state index in [2.05, 4.69) is 53.8 Å². The number of amides is 1. The summed E-state index contributed by atoms with van der Waals surface area (Å²) < 4.78 is 12.3. The van der Waals surface area contributed by atoms with Gasteiger partial charge >= 0.3 is 11.9 Å². The van der Waals surface area contributed by atoms with Crippen molar-refractivity contribution in [3.8, 4) is 0 Å². The number of hydrogen-bond donors (Lipinski definition) is 2. The number of carbonyl (C=O) groups is 4. The summed E-state index contributed by atoms with van der Waals surface area (Å²) in [6.45, 7) is 20.9. The zero-order chi connectivity index (χ0) is 41.8. The van der Waals surface area contributed by atoms with E-state index in [1.807, 2.05) is 44.2 Å². The minimum Gasteiger partial charge on any atom is -0.462 e. The van der Waals surface area contributed by atoms with Gasteiger partial charge in [0, 0.05) is 11.8 Å². The van der Waals surface area contributed by atoms with Crippen molar-refractivity contribution < 1.29 is 28.7 Å². The highest BCUT2D eigenvalue weighted by atomic mass is 16.5. The molecule has 58 heavy (non-hydrogen) atoms. The average Bonchev–Trinajstić information content (AvgIpc) is 3.73. The summed E-state index contributed by atoms with van der Waals surface area (Å²) in [5, 5.41) is 3.54. The minimum atomic E-state index is -0.839. The van der Waals surface area contributed by atoms with Crippen LogP contribution in [0.2, 0.25) is 0 Å². The second-order valence-corrected chi connectivity index (χ2v) is 22.6. The van der Waals surface area contributed by atoms with Gasteiger partial charge in [0.25, 0.3) is 0 Å². The van der Waals surface area contributed by atoms with Crippen LogP contribution in [-0.2, 0) is 35.3 Å². The molecule has 8 rings (SSSR count). The molecule has 8 heteroatoms. The van der Waals surface area contributed by atoms with E-state index >= 15 is 0 Å². The van der Waals surface area contributed by atoms with Crippen LogP contribution in [0.5, 0.6) is 0 Å². The highest BCUT2D eigenvalue weighted by Crippen LogP contribution is 2.76. The van der Waals surface area contributed by atoms with Crippen LogP contribution in [-0.4, -0.2) is 40.8 Å². The lowest BCUT2D eigenvalue weighted by atomic mass is 9.33. The Balaban J connectivity index is 0.987. The number of nitrogens with two attached hydrogens (primary N) is 1. The van der Waals surface area contributed by atoms with Crippen molar-refractivity contribution in [2.75, 3.05) is 0 Å². The number of carbonyl (C=O) groups excluding carboxylic acids is 4. The zero-order valence-corrected chi connectivity index (χ0v) is 37.1. The summed E-state index contributed by atoms with van der Waals surface area (Å²) >= 11 is 0. The number of Topliss-reactive ketones (excluding diaryl/α,β-unsaturated/α-hetero) is 1. The van der Waals surface area contributed by atoms with Gasteiger partial charge in [-0.05, 0) is 133 Å². The Morgan fingerprint density at radius 1 is 0.776 bits per heavy atom. The van der Waals surface area contributed by atoms with Crippen molar-refractivity contribution >= 4 is 23.6 Å². The number of ketones is 1. The molecule has 0 bridgehead atoms. The second-order valence-electron chi connectivity index (χ2n) is 22.6. The van der Waals surface area contributed by atoms with Crippen LogP contribution < -0.4 is 11.1 Å². The first-order chi connectivity index (χ1) is 27.1. The molecule has 318 valence electrons. The highest BCUT2D eigenvalue weighted by molar-refractivity contribution is 6.02. The van der Waals surface area contributed by atoms with E-state index in [-0.39, 0.29) is 81.7 Å². The van der Waals surface area contributed by atoms with Crippen molar-refractivity contribution in [1.82, 2.24) is 5.32 Å². The van der Waals surface area contributed by atoms with Crippen LogP contribution >= 0.6 is 0 Å². The van der Waals surface area contributed by atoms with Gasteiger partial charge in [0.2, 0.25) is 5.91 Å². The molecule has 0 aliphatic heterocycles. The van der Waals surface area contributed by atoms with Crippen LogP contribution in [0.4, 0.5) is 0 Å². The Labute approximate surface area is 348 Å². The maximum atomic E-state index is 14.1. The van der Waals surface area contributed by atoms with Crippen molar-refractivity contribution in [1.29, 1.82) is 0 Å². The number of rotatable bonds is 8. The molecule has 0 heterocycles. The Hall–Kier alpha value is -3.00. The smallest absolute Gasteiger partial charge is 0.309 e. The number of fused-ring (bicyclic) bond motifs is 7. The van der Waals surface area contributed by atoms with Crippen molar-refractivity contribution in [3.05, 3.63) is 47.0 Å². The molecule has 10 atom stereocenters. The van der Waals surface area contributed by atoms with Crippen LogP contribution in [0.3, 0.4) is 0 Å². The molecule has 7 aliphatic rings. The number of allylic oxidation sites excluding steroid dienone is 1.